The zero-order chi connectivity index (χ0) is 15.2. The molecule has 1 saturated carbocycles. The average molecular weight is 307 g/mol. The Morgan fingerprint density at radius 3 is 2.35 bits per heavy atom. The smallest absolute Gasteiger partial charge is 0.314 e. The van der Waals surface area contributed by atoms with Crippen LogP contribution in [0.15, 0.2) is 0 Å². The topological polar surface area (TPSA) is 125 Å². The Bertz CT molecular complexity index is 459. The lowest BCUT2D eigenvalue weighted by molar-refractivity contribution is -0.141. The SMILES string of the molecule is CNS(=O)(=O)CCNC(=O)NCC1(CC(=O)O)CCC1. The summed E-state index contributed by atoms with van der Waals surface area (Å²) < 4.78 is 24.4. The van der Waals surface area contributed by atoms with Crippen LogP contribution in [0.25, 0.3) is 0 Å². The standard InChI is InChI=1S/C11H21N3O5S/c1-12-20(18,19)6-5-13-10(17)14-8-11(3-2-4-11)7-9(15)16/h12H,2-8H2,1H3,(H,15,16)(H2,13,14,17). The van der Waals surface area contributed by atoms with Crippen molar-refractivity contribution in [3.63, 3.8) is 0 Å². The molecule has 0 saturated heterocycles. The van der Waals surface area contributed by atoms with Crippen LogP contribution in [-0.4, -0.2) is 51.4 Å². The number of hydrogen-bond acceptors (Lipinski definition) is 4. The van der Waals surface area contributed by atoms with Crippen molar-refractivity contribution in [3.8, 4) is 0 Å². The third-order valence-electron chi connectivity index (χ3n) is 3.53. The zero-order valence-electron chi connectivity index (χ0n) is 11.4. The van der Waals surface area contributed by atoms with Gasteiger partial charge in [-0.1, -0.05) is 6.42 Å². The summed E-state index contributed by atoms with van der Waals surface area (Å²) in [5, 5.41) is 13.9. The summed E-state index contributed by atoms with van der Waals surface area (Å²) in [5.41, 5.74) is -0.347. The van der Waals surface area contributed by atoms with Crippen LogP contribution in [0.2, 0.25) is 0 Å². The fourth-order valence-corrected chi connectivity index (χ4v) is 2.72. The predicted octanol–water partition coefficient (Wildman–Crippen LogP) is -0.520. The Kier molecular flexibility index (Phi) is 5.75. The first-order valence-electron chi connectivity index (χ1n) is 6.43. The van der Waals surface area contributed by atoms with Gasteiger partial charge < -0.3 is 15.7 Å². The van der Waals surface area contributed by atoms with E-state index in [9.17, 15) is 18.0 Å². The normalized spacial score (nSPS) is 17.1. The van der Waals surface area contributed by atoms with Crippen LogP contribution in [0.5, 0.6) is 0 Å². The summed E-state index contributed by atoms with van der Waals surface area (Å²) in [6, 6.07) is -0.479. The van der Waals surface area contributed by atoms with Crippen molar-refractivity contribution in [2.75, 3.05) is 25.9 Å². The number of rotatable bonds is 8. The lowest BCUT2D eigenvalue weighted by atomic mass is 9.66. The Labute approximate surface area is 118 Å². The molecule has 1 aliphatic rings. The number of urea groups is 1. The van der Waals surface area contributed by atoms with Crippen LogP contribution < -0.4 is 15.4 Å². The van der Waals surface area contributed by atoms with Gasteiger partial charge in [0, 0.05) is 13.1 Å². The number of aliphatic carboxylic acids is 1. The maximum absolute atomic E-state index is 11.5. The van der Waals surface area contributed by atoms with Crippen molar-refractivity contribution in [3.05, 3.63) is 0 Å². The summed E-state index contributed by atoms with van der Waals surface area (Å²) in [7, 11) is -2.03. The molecule has 0 unspecified atom stereocenters. The van der Waals surface area contributed by atoms with E-state index in [0.717, 1.165) is 19.3 Å². The molecule has 1 rings (SSSR count). The molecule has 9 heteroatoms. The molecule has 0 aromatic heterocycles. The second-order valence-corrected chi connectivity index (χ2v) is 7.10. The minimum absolute atomic E-state index is 0.000930. The summed E-state index contributed by atoms with van der Waals surface area (Å²) in [6.45, 7) is 0.296. The van der Waals surface area contributed by atoms with Gasteiger partial charge in [-0.3, -0.25) is 4.79 Å². The fourth-order valence-electron chi connectivity index (χ4n) is 2.14. The first-order valence-corrected chi connectivity index (χ1v) is 8.09. The van der Waals surface area contributed by atoms with E-state index in [2.05, 4.69) is 15.4 Å². The minimum Gasteiger partial charge on any atom is -0.481 e. The minimum atomic E-state index is -3.34. The summed E-state index contributed by atoms with van der Waals surface area (Å²) in [6.07, 6.45) is 2.58. The number of carboxylic acid groups (broad SMARTS) is 1. The third kappa shape index (κ3) is 5.33. The molecule has 4 N–H and O–H groups in total. The van der Waals surface area contributed by atoms with Crippen LogP contribution in [0.3, 0.4) is 0 Å². The molecule has 2 amide bonds. The van der Waals surface area contributed by atoms with E-state index in [4.69, 9.17) is 5.11 Å². The van der Waals surface area contributed by atoms with Gasteiger partial charge in [0.2, 0.25) is 10.0 Å². The Morgan fingerprint density at radius 2 is 1.90 bits per heavy atom. The fraction of sp³-hybridized carbons (Fsp3) is 0.818. The number of carbonyl (C=O) groups is 2. The molecule has 0 spiro atoms. The number of sulfonamides is 1. The molecule has 0 bridgehead atoms. The van der Waals surface area contributed by atoms with Crippen molar-refractivity contribution >= 4 is 22.0 Å². The van der Waals surface area contributed by atoms with Gasteiger partial charge in [0.05, 0.1) is 12.2 Å². The second kappa shape index (κ2) is 6.89. The van der Waals surface area contributed by atoms with Crippen molar-refractivity contribution in [2.45, 2.75) is 25.7 Å². The summed E-state index contributed by atoms with van der Waals surface area (Å²) in [5.74, 6) is -1.07. The number of carboxylic acids is 1. The highest BCUT2D eigenvalue weighted by molar-refractivity contribution is 7.89. The number of nitrogens with one attached hydrogen (secondary N) is 3. The predicted molar refractivity (Wildman–Crippen MR) is 72.8 cm³/mol. The highest BCUT2D eigenvalue weighted by Gasteiger charge is 2.39. The van der Waals surface area contributed by atoms with Gasteiger partial charge in [-0.15, -0.1) is 0 Å². The molecule has 1 fully saturated rings. The lowest BCUT2D eigenvalue weighted by Crippen LogP contribution is -2.47. The average Bonchev–Trinajstić information content (AvgIpc) is 2.32. The van der Waals surface area contributed by atoms with E-state index in [1.165, 1.54) is 7.05 Å². The lowest BCUT2D eigenvalue weighted by Gasteiger charge is -2.40. The van der Waals surface area contributed by atoms with E-state index in [-0.39, 0.29) is 24.1 Å². The van der Waals surface area contributed by atoms with Gasteiger partial charge >= 0.3 is 12.0 Å². The Hall–Kier alpha value is -1.35. The maximum atomic E-state index is 11.5. The van der Waals surface area contributed by atoms with E-state index in [1.807, 2.05) is 0 Å². The van der Waals surface area contributed by atoms with Crippen LogP contribution in [0.1, 0.15) is 25.7 Å². The first kappa shape index (κ1) is 16.7. The van der Waals surface area contributed by atoms with Crippen molar-refractivity contribution in [1.82, 2.24) is 15.4 Å². The van der Waals surface area contributed by atoms with Crippen LogP contribution >= 0.6 is 0 Å². The monoisotopic (exact) mass is 307 g/mol. The van der Waals surface area contributed by atoms with E-state index in [1.54, 1.807) is 0 Å². The Morgan fingerprint density at radius 1 is 1.25 bits per heavy atom. The van der Waals surface area contributed by atoms with Crippen molar-refractivity contribution in [1.29, 1.82) is 0 Å². The van der Waals surface area contributed by atoms with E-state index < -0.39 is 22.0 Å². The quantitative estimate of drug-likeness (QED) is 0.480. The van der Waals surface area contributed by atoms with Crippen LogP contribution in [0, 0.1) is 5.41 Å². The second-order valence-electron chi connectivity index (χ2n) is 5.06. The molecule has 116 valence electrons. The number of carbonyl (C=O) groups excluding carboxylic acids is 1. The van der Waals surface area contributed by atoms with E-state index >= 15 is 0 Å². The van der Waals surface area contributed by atoms with Gasteiger partial charge in [-0.2, -0.15) is 0 Å². The van der Waals surface area contributed by atoms with Gasteiger partial charge in [0.25, 0.3) is 0 Å². The summed E-state index contributed by atoms with van der Waals surface area (Å²) in [4.78, 5) is 22.3. The first-order chi connectivity index (χ1) is 9.29. The van der Waals surface area contributed by atoms with Crippen molar-refractivity contribution < 1.29 is 23.1 Å². The maximum Gasteiger partial charge on any atom is 0.314 e. The molecule has 0 aromatic carbocycles. The molecule has 20 heavy (non-hydrogen) atoms. The third-order valence-corrected chi connectivity index (χ3v) is 4.90. The molecular weight excluding hydrogens is 286 g/mol. The van der Waals surface area contributed by atoms with Crippen LogP contribution in [0.4, 0.5) is 4.79 Å². The largest absolute Gasteiger partial charge is 0.481 e. The number of amides is 2. The van der Waals surface area contributed by atoms with Gasteiger partial charge in [0.1, 0.15) is 0 Å². The molecule has 0 aliphatic heterocycles. The highest BCUT2D eigenvalue weighted by atomic mass is 32.2. The Balaban J connectivity index is 2.27. The highest BCUT2D eigenvalue weighted by Crippen LogP contribution is 2.43. The van der Waals surface area contributed by atoms with Gasteiger partial charge in [-0.05, 0) is 25.3 Å². The van der Waals surface area contributed by atoms with Gasteiger partial charge in [-0.25, -0.2) is 17.9 Å². The number of hydrogen-bond donors (Lipinski definition) is 4. The molecule has 0 radical (unpaired) electrons. The summed E-state index contributed by atoms with van der Waals surface area (Å²) >= 11 is 0. The van der Waals surface area contributed by atoms with Crippen LogP contribution in [-0.2, 0) is 14.8 Å². The zero-order valence-corrected chi connectivity index (χ0v) is 12.3. The molecule has 1 aliphatic carbocycles. The molecule has 0 heterocycles. The molecule has 0 aromatic rings. The van der Waals surface area contributed by atoms with Gasteiger partial charge in [0.15, 0.2) is 0 Å². The molecule has 8 nitrogen and oxygen atoms in total. The van der Waals surface area contributed by atoms with E-state index in [0.29, 0.717) is 6.54 Å². The molecular formula is C11H21N3O5S. The molecule has 0 atom stereocenters. The van der Waals surface area contributed by atoms with Crippen molar-refractivity contribution in [2.24, 2.45) is 5.41 Å².